The standard InChI is InChI=1S/C20H23N3O5/c1-2-3-4-5-12-28-18-9-6-15(7-10-18)20(25)22-21-14-16-13-17(23(26)27)8-11-19(16)24/h6-11,13-14,24H,2-5,12H2,1H3,(H,22,25). The number of carbonyl (C=O) groups excluding carboxylic acids is 1. The summed E-state index contributed by atoms with van der Waals surface area (Å²) in [5.41, 5.74) is 2.65. The summed E-state index contributed by atoms with van der Waals surface area (Å²) in [6.07, 6.45) is 5.64. The lowest BCUT2D eigenvalue weighted by Gasteiger charge is -2.06. The maximum absolute atomic E-state index is 12.1. The lowest BCUT2D eigenvalue weighted by Crippen LogP contribution is -2.17. The predicted molar refractivity (Wildman–Crippen MR) is 106 cm³/mol. The Labute approximate surface area is 163 Å². The number of benzene rings is 2. The molecule has 0 aliphatic heterocycles. The molecule has 0 aliphatic carbocycles. The van der Waals surface area contributed by atoms with Gasteiger partial charge in [-0.05, 0) is 36.8 Å². The zero-order valence-electron chi connectivity index (χ0n) is 15.6. The molecule has 148 valence electrons. The molecular formula is C20H23N3O5. The highest BCUT2D eigenvalue weighted by atomic mass is 16.6. The van der Waals surface area contributed by atoms with E-state index in [4.69, 9.17) is 4.74 Å². The number of nitrogens with one attached hydrogen (secondary N) is 1. The minimum absolute atomic E-state index is 0.126. The normalized spacial score (nSPS) is 10.8. The van der Waals surface area contributed by atoms with Crippen LogP contribution in [-0.2, 0) is 0 Å². The van der Waals surface area contributed by atoms with Crippen LogP contribution in [0.5, 0.6) is 11.5 Å². The van der Waals surface area contributed by atoms with Crippen LogP contribution >= 0.6 is 0 Å². The van der Waals surface area contributed by atoms with E-state index in [2.05, 4.69) is 17.5 Å². The van der Waals surface area contributed by atoms with Crippen molar-refractivity contribution in [2.45, 2.75) is 32.6 Å². The minimum atomic E-state index is -0.581. The summed E-state index contributed by atoms with van der Waals surface area (Å²) in [7, 11) is 0. The SMILES string of the molecule is CCCCCCOc1ccc(C(=O)NN=Cc2cc([N+](=O)[O-])ccc2O)cc1. The zero-order valence-corrected chi connectivity index (χ0v) is 15.6. The summed E-state index contributed by atoms with van der Waals surface area (Å²) in [6.45, 7) is 2.80. The summed E-state index contributed by atoms with van der Waals surface area (Å²) in [5, 5.41) is 24.2. The molecule has 2 aromatic carbocycles. The fourth-order valence-corrected chi connectivity index (χ4v) is 2.41. The number of hydrogen-bond donors (Lipinski definition) is 2. The van der Waals surface area contributed by atoms with E-state index in [9.17, 15) is 20.0 Å². The van der Waals surface area contributed by atoms with Gasteiger partial charge < -0.3 is 9.84 Å². The average molecular weight is 385 g/mol. The molecule has 2 aromatic rings. The number of nitro benzene ring substituents is 1. The van der Waals surface area contributed by atoms with Gasteiger partial charge in [0.25, 0.3) is 11.6 Å². The highest BCUT2D eigenvalue weighted by Gasteiger charge is 2.09. The molecule has 2 rings (SSSR count). The molecule has 0 radical (unpaired) electrons. The number of ether oxygens (including phenoxy) is 1. The third kappa shape index (κ3) is 6.39. The third-order valence-corrected chi connectivity index (χ3v) is 3.97. The van der Waals surface area contributed by atoms with Crippen molar-refractivity contribution < 1.29 is 19.6 Å². The minimum Gasteiger partial charge on any atom is -0.507 e. The molecular weight excluding hydrogens is 362 g/mol. The van der Waals surface area contributed by atoms with Crippen molar-refractivity contribution in [2.75, 3.05) is 6.61 Å². The van der Waals surface area contributed by atoms with Gasteiger partial charge in [-0.2, -0.15) is 5.10 Å². The van der Waals surface area contributed by atoms with Gasteiger partial charge in [0.05, 0.1) is 17.7 Å². The highest BCUT2D eigenvalue weighted by molar-refractivity contribution is 5.95. The van der Waals surface area contributed by atoms with Crippen LogP contribution in [0.25, 0.3) is 0 Å². The fourth-order valence-electron chi connectivity index (χ4n) is 2.41. The maximum atomic E-state index is 12.1. The summed E-state index contributed by atoms with van der Waals surface area (Å²) in [6, 6.07) is 10.2. The van der Waals surface area contributed by atoms with Crippen LogP contribution in [0.15, 0.2) is 47.6 Å². The highest BCUT2D eigenvalue weighted by Crippen LogP contribution is 2.21. The van der Waals surface area contributed by atoms with Crippen molar-refractivity contribution in [2.24, 2.45) is 5.10 Å². The fraction of sp³-hybridized carbons (Fsp3) is 0.300. The molecule has 0 saturated heterocycles. The van der Waals surface area contributed by atoms with E-state index in [1.165, 1.54) is 25.0 Å². The van der Waals surface area contributed by atoms with Crippen LogP contribution in [0.2, 0.25) is 0 Å². The van der Waals surface area contributed by atoms with Gasteiger partial charge in [0.15, 0.2) is 0 Å². The number of nitrogens with zero attached hydrogens (tertiary/aromatic N) is 2. The first-order valence-corrected chi connectivity index (χ1v) is 9.05. The Balaban J connectivity index is 1.88. The van der Waals surface area contributed by atoms with Gasteiger partial charge in [-0.1, -0.05) is 26.2 Å². The van der Waals surface area contributed by atoms with E-state index >= 15 is 0 Å². The van der Waals surface area contributed by atoms with Crippen molar-refractivity contribution in [3.63, 3.8) is 0 Å². The molecule has 0 aromatic heterocycles. The third-order valence-electron chi connectivity index (χ3n) is 3.97. The largest absolute Gasteiger partial charge is 0.507 e. The number of unbranched alkanes of at least 4 members (excludes halogenated alkanes) is 3. The number of nitro groups is 1. The van der Waals surface area contributed by atoms with Gasteiger partial charge in [0, 0.05) is 23.3 Å². The van der Waals surface area contributed by atoms with E-state index in [0.29, 0.717) is 17.9 Å². The molecule has 0 fully saturated rings. The summed E-state index contributed by atoms with van der Waals surface area (Å²) < 4.78 is 5.63. The quantitative estimate of drug-likeness (QED) is 0.277. The Morgan fingerprint density at radius 1 is 1.21 bits per heavy atom. The molecule has 1 amide bonds. The topological polar surface area (TPSA) is 114 Å². The van der Waals surface area contributed by atoms with Crippen LogP contribution in [0, 0.1) is 10.1 Å². The van der Waals surface area contributed by atoms with Crippen molar-refractivity contribution >= 4 is 17.8 Å². The molecule has 8 nitrogen and oxygen atoms in total. The van der Waals surface area contributed by atoms with Gasteiger partial charge in [0.1, 0.15) is 11.5 Å². The summed E-state index contributed by atoms with van der Waals surface area (Å²) in [5.74, 6) is 0.0674. The summed E-state index contributed by atoms with van der Waals surface area (Å²) in [4.78, 5) is 22.3. The van der Waals surface area contributed by atoms with E-state index in [1.54, 1.807) is 24.3 Å². The van der Waals surface area contributed by atoms with Crippen molar-refractivity contribution in [3.8, 4) is 11.5 Å². The molecule has 0 aliphatic rings. The van der Waals surface area contributed by atoms with E-state index in [0.717, 1.165) is 25.1 Å². The Morgan fingerprint density at radius 2 is 1.96 bits per heavy atom. The first kappa shape index (κ1) is 20.9. The molecule has 28 heavy (non-hydrogen) atoms. The number of hydrazone groups is 1. The van der Waals surface area contributed by atoms with E-state index in [-0.39, 0.29) is 17.0 Å². The lowest BCUT2D eigenvalue weighted by atomic mass is 10.2. The second-order valence-electron chi connectivity index (χ2n) is 6.13. The Hall–Kier alpha value is -3.42. The van der Waals surface area contributed by atoms with Crippen LogP contribution < -0.4 is 10.2 Å². The number of amides is 1. The number of rotatable bonds is 10. The molecule has 2 N–H and O–H groups in total. The second kappa shape index (κ2) is 10.7. The van der Waals surface area contributed by atoms with Crippen LogP contribution in [0.1, 0.15) is 48.5 Å². The molecule has 8 heteroatoms. The van der Waals surface area contributed by atoms with Crippen LogP contribution in [0.4, 0.5) is 5.69 Å². The number of aromatic hydroxyl groups is 1. The van der Waals surface area contributed by atoms with Gasteiger partial charge >= 0.3 is 0 Å². The smallest absolute Gasteiger partial charge is 0.271 e. The number of phenolic OH excluding ortho intramolecular Hbond substituents is 1. The van der Waals surface area contributed by atoms with Gasteiger partial charge in [-0.3, -0.25) is 14.9 Å². The molecule has 0 spiro atoms. The molecule has 0 atom stereocenters. The maximum Gasteiger partial charge on any atom is 0.271 e. The van der Waals surface area contributed by atoms with Crippen molar-refractivity contribution in [1.82, 2.24) is 5.43 Å². The van der Waals surface area contributed by atoms with Gasteiger partial charge in [0.2, 0.25) is 0 Å². The Bertz CT molecular complexity index is 834. The van der Waals surface area contributed by atoms with Crippen molar-refractivity contribution in [3.05, 3.63) is 63.7 Å². The molecule has 0 bridgehead atoms. The number of non-ortho nitro benzene ring substituents is 1. The predicted octanol–water partition coefficient (Wildman–Crippen LogP) is 4.02. The number of hydrogen-bond acceptors (Lipinski definition) is 6. The van der Waals surface area contributed by atoms with Crippen molar-refractivity contribution in [1.29, 1.82) is 0 Å². The van der Waals surface area contributed by atoms with E-state index in [1.807, 2.05) is 0 Å². The van der Waals surface area contributed by atoms with Gasteiger partial charge in [-0.25, -0.2) is 5.43 Å². The first-order valence-electron chi connectivity index (χ1n) is 9.05. The molecule has 0 saturated carbocycles. The summed E-state index contributed by atoms with van der Waals surface area (Å²) >= 11 is 0. The second-order valence-corrected chi connectivity index (χ2v) is 6.13. The van der Waals surface area contributed by atoms with E-state index < -0.39 is 10.8 Å². The Kier molecular flexibility index (Phi) is 7.95. The lowest BCUT2D eigenvalue weighted by molar-refractivity contribution is -0.384. The van der Waals surface area contributed by atoms with Crippen LogP contribution in [0.3, 0.4) is 0 Å². The van der Waals surface area contributed by atoms with Gasteiger partial charge in [-0.15, -0.1) is 0 Å². The monoisotopic (exact) mass is 385 g/mol. The molecule has 0 unspecified atom stereocenters. The Morgan fingerprint density at radius 3 is 2.64 bits per heavy atom. The number of phenols is 1. The zero-order chi connectivity index (χ0) is 20.4. The first-order chi connectivity index (χ1) is 13.5. The van der Waals surface area contributed by atoms with Crippen LogP contribution in [-0.4, -0.2) is 28.8 Å². The number of carbonyl (C=O) groups is 1. The average Bonchev–Trinajstić information content (AvgIpc) is 2.69. The molecule has 0 heterocycles.